The molecule has 2 heterocycles. The molecule has 1 N–H and O–H groups in total. The van der Waals surface area contributed by atoms with E-state index in [1.807, 2.05) is 0 Å². The van der Waals surface area contributed by atoms with E-state index in [0.717, 1.165) is 0 Å². The van der Waals surface area contributed by atoms with Crippen molar-refractivity contribution < 1.29 is 17.7 Å². The van der Waals surface area contributed by atoms with Gasteiger partial charge in [0.1, 0.15) is 0 Å². The van der Waals surface area contributed by atoms with Crippen LogP contribution in [0.2, 0.25) is 0 Å². The van der Waals surface area contributed by atoms with Crippen LogP contribution in [0.15, 0.2) is 38.5 Å². The highest BCUT2D eigenvalue weighted by Crippen LogP contribution is 2.29. The molecule has 2 aromatic heterocycles. The second-order valence-electron chi connectivity index (χ2n) is 4.56. The first-order valence-electron chi connectivity index (χ1n) is 6.25. The summed E-state index contributed by atoms with van der Waals surface area (Å²) in [4.78, 5) is 29.1. The summed E-state index contributed by atoms with van der Waals surface area (Å²) in [6.45, 7) is 0.186. The van der Waals surface area contributed by atoms with Crippen LogP contribution < -0.4 is 16.2 Å². The predicted octanol–water partition coefficient (Wildman–Crippen LogP) is 1.36. The van der Waals surface area contributed by atoms with E-state index in [9.17, 15) is 22.8 Å². The normalized spacial score (nSPS) is 11.8. The van der Waals surface area contributed by atoms with Crippen LogP contribution in [0, 0.1) is 0 Å². The molecule has 0 bridgehead atoms. The molecule has 0 spiro atoms. The van der Waals surface area contributed by atoms with Crippen molar-refractivity contribution in [1.29, 1.82) is 0 Å². The Balaban J connectivity index is 1.70. The summed E-state index contributed by atoms with van der Waals surface area (Å²) in [5, 5.41) is 5.97. The van der Waals surface area contributed by atoms with Gasteiger partial charge >= 0.3 is 12.1 Å². The average molecular weight is 324 g/mol. The van der Waals surface area contributed by atoms with E-state index in [0.29, 0.717) is 5.69 Å². The van der Waals surface area contributed by atoms with Crippen LogP contribution in [0.25, 0.3) is 11.4 Å². The summed E-state index contributed by atoms with van der Waals surface area (Å²) in [5.74, 6) is -1.66. The number of pyridine rings is 1. The van der Waals surface area contributed by atoms with Gasteiger partial charge in [-0.05, 0) is 12.1 Å². The molecule has 0 saturated carbocycles. The fraction of sp³-hybridized carbons (Fsp3) is 0.154. The number of halogens is 3. The zero-order chi connectivity index (χ0) is 16.6. The van der Waals surface area contributed by atoms with Crippen molar-refractivity contribution >= 4 is 5.69 Å². The van der Waals surface area contributed by atoms with Gasteiger partial charge in [0.25, 0.3) is 0 Å². The molecular formula is C13H7F3N4O3. The van der Waals surface area contributed by atoms with Gasteiger partial charge in [0, 0.05) is 17.8 Å². The molecule has 0 aliphatic heterocycles. The molecule has 1 aromatic carbocycles. The Bertz CT molecular complexity index is 908. The van der Waals surface area contributed by atoms with Gasteiger partial charge in [-0.3, -0.25) is 14.6 Å². The molecular weight excluding hydrogens is 317 g/mol. The maximum atomic E-state index is 12.4. The van der Waals surface area contributed by atoms with E-state index in [4.69, 9.17) is 0 Å². The fourth-order valence-electron chi connectivity index (χ4n) is 1.75. The molecule has 3 aromatic rings. The number of hydrogen-bond donors (Lipinski definition) is 1. The molecule has 3 rings (SSSR count). The molecule has 118 valence electrons. The smallest absolute Gasteiger partial charge is 0.376 e. The van der Waals surface area contributed by atoms with E-state index in [1.54, 1.807) is 0 Å². The minimum atomic E-state index is -4.71. The lowest BCUT2D eigenvalue weighted by Gasteiger charge is -2.06. The quantitative estimate of drug-likeness (QED) is 0.723. The topological polar surface area (TPSA) is 98.0 Å². The first-order chi connectivity index (χ1) is 10.8. The van der Waals surface area contributed by atoms with Crippen LogP contribution in [0.4, 0.5) is 18.9 Å². The third-order valence-electron chi connectivity index (χ3n) is 2.96. The second kappa shape index (κ2) is 5.30. The van der Waals surface area contributed by atoms with Crippen molar-refractivity contribution in [2.75, 3.05) is 5.32 Å². The maximum absolute atomic E-state index is 12.4. The number of nitrogens with one attached hydrogen (secondary N) is 1. The number of anilines is 1. The van der Waals surface area contributed by atoms with E-state index in [-0.39, 0.29) is 23.6 Å². The molecule has 10 heteroatoms. The Morgan fingerprint density at radius 1 is 1.22 bits per heavy atom. The summed E-state index contributed by atoms with van der Waals surface area (Å²) < 4.78 is 41.3. The van der Waals surface area contributed by atoms with Crippen molar-refractivity contribution in [1.82, 2.24) is 15.1 Å². The van der Waals surface area contributed by atoms with Crippen molar-refractivity contribution in [3.63, 3.8) is 0 Å². The zero-order valence-electron chi connectivity index (χ0n) is 11.2. The van der Waals surface area contributed by atoms with Crippen LogP contribution in [0.1, 0.15) is 11.6 Å². The Labute approximate surface area is 125 Å². The summed E-state index contributed by atoms with van der Waals surface area (Å²) in [5.41, 5.74) is -0.182. The third kappa shape index (κ3) is 2.96. The number of nitrogens with zero attached hydrogens (tertiary/aromatic N) is 3. The number of rotatable bonds is 4. The Morgan fingerprint density at radius 3 is 2.52 bits per heavy atom. The average Bonchev–Trinajstić information content (AvgIpc) is 3.01. The molecule has 0 aliphatic carbocycles. The molecule has 0 amide bonds. The van der Waals surface area contributed by atoms with Gasteiger partial charge < -0.3 is 9.84 Å². The standard InChI is InChI=1S/C13H7F3N4O3/c14-13(15,16)12-19-11(20-23-12)6-1-2-7(17-4-6)5-18-8-3-9(21)10(8)22/h1-4,18H,5H2. The minimum absolute atomic E-state index is 0.186. The number of alkyl halides is 3. The summed E-state index contributed by atoms with van der Waals surface area (Å²) in [6, 6.07) is 4.17. The van der Waals surface area contributed by atoms with Crippen molar-refractivity contribution in [3.8, 4) is 11.4 Å². The van der Waals surface area contributed by atoms with Crippen molar-refractivity contribution in [2.45, 2.75) is 12.7 Å². The number of aromatic nitrogens is 3. The first kappa shape index (κ1) is 14.9. The first-order valence-corrected chi connectivity index (χ1v) is 6.25. The van der Waals surface area contributed by atoms with Gasteiger partial charge in [-0.1, -0.05) is 5.16 Å². The molecule has 0 unspecified atom stereocenters. The number of hydrogen-bond acceptors (Lipinski definition) is 7. The van der Waals surface area contributed by atoms with E-state index >= 15 is 0 Å². The Hall–Kier alpha value is -3.04. The van der Waals surface area contributed by atoms with Crippen LogP contribution in [-0.2, 0) is 12.7 Å². The van der Waals surface area contributed by atoms with E-state index < -0.39 is 22.9 Å². The highest BCUT2D eigenvalue weighted by atomic mass is 19.4. The van der Waals surface area contributed by atoms with Gasteiger partial charge in [-0.2, -0.15) is 18.2 Å². The van der Waals surface area contributed by atoms with Gasteiger partial charge in [-0.25, -0.2) is 0 Å². The van der Waals surface area contributed by atoms with Crippen LogP contribution in [0.3, 0.4) is 0 Å². The van der Waals surface area contributed by atoms with Gasteiger partial charge in [0.2, 0.25) is 16.7 Å². The maximum Gasteiger partial charge on any atom is 0.471 e. The lowest BCUT2D eigenvalue weighted by molar-refractivity contribution is -0.159. The Kier molecular flexibility index (Phi) is 3.43. The SMILES string of the molecule is O=c1cc(NCc2ccc(-c3noc(C(F)(F)F)n3)cn2)c1=O. The molecule has 0 saturated heterocycles. The van der Waals surface area contributed by atoms with Gasteiger partial charge in [0.05, 0.1) is 17.9 Å². The molecule has 0 fully saturated rings. The summed E-state index contributed by atoms with van der Waals surface area (Å²) in [6.07, 6.45) is -3.42. The van der Waals surface area contributed by atoms with Crippen LogP contribution in [0.5, 0.6) is 0 Å². The molecule has 7 nitrogen and oxygen atoms in total. The van der Waals surface area contributed by atoms with Gasteiger partial charge in [-0.15, -0.1) is 0 Å². The zero-order valence-corrected chi connectivity index (χ0v) is 11.2. The highest BCUT2D eigenvalue weighted by molar-refractivity contribution is 5.53. The lowest BCUT2D eigenvalue weighted by Crippen LogP contribution is -2.32. The highest BCUT2D eigenvalue weighted by Gasteiger charge is 2.38. The predicted molar refractivity (Wildman–Crippen MR) is 71.2 cm³/mol. The largest absolute Gasteiger partial charge is 0.471 e. The van der Waals surface area contributed by atoms with E-state index in [1.165, 1.54) is 24.4 Å². The van der Waals surface area contributed by atoms with Gasteiger partial charge in [0.15, 0.2) is 0 Å². The molecule has 23 heavy (non-hydrogen) atoms. The summed E-state index contributed by atoms with van der Waals surface area (Å²) in [7, 11) is 0. The van der Waals surface area contributed by atoms with Crippen LogP contribution in [-0.4, -0.2) is 15.1 Å². The monoisotopic (exact) mass is 324 g/mol. The second-order valence-corrected chi connectivity index (χ2v) is 4.56. The Morgan fingerprint density at radius 2 is 2.00 bits per heavy atom. The van der Waals surface area contributed by atoms with E-state index in [2.05, 4.69) is 25.0 Å². The van der Waals surface area contributed by atoms with Crippen molar-refractivity contribution in [3.05, 3.63) is 56.4 Å². The summed E-state index contributed by atoms with van der Waals surface area (Å²) >= 11 is 0. The fourth-order valence-corrected chi connectivity index (χ4v) is 1.75. The molecule has 0 aliphatic rings. The van der Waals surface area contributed by atoms with Crippen molar-refractivity contribution in [2.24, 2.45) is 0 Å². The molecule has 0 radical (unpaired) electrons. The third-order valence-corrected chi connectivity index (χ3v) is 2.96. The molecule has 0 atom stereocenters. The van der Waals surface area contributed by atoms with Crippen LogP contribution >= 0.6 is 0 Å². The minimum Gasteiger partial charge on any atom is -0.376 e. The lowest BCUT2D eigenvalue weighted by atomic mass is 10.2.